The molecular weight excluding hydrogens is 246 g/mol. The van der Waals surface area contributed by atoms with Crippen molar-refractivity contribution in [1.29, 1.82) is 0 Å². The molecule has 0 saturated heterocycles. The summed E-state index contributed by atoms with van der Waals surface area (Å²) in [6.07, 6.45) is 22.1. The fraction of sp³-hybridized carbons (Fsp3) is 0.824. The van der Waals surface area contributed by atoms with E-state index < -0.39 is 0 Å². The maximum Gasteiger partial charge on any atom is 0.263 e. The maximum atomic E-state index is 4.01. The zero-order chi connectivity index (χ0) is 14.3. The largest absolute Gasteiger partial charge is 0.263 e. The van der Waals surface area contributed by atoms with Crippen molar-refractivity contribution >= 4 is 0 Å². The lowest BCUT2D eigenvalue weighted by atomic mass is 10.1. The SMILES string of the molecule is CCCCCCCCCCCCCC[n+]1cncnc1. The second kappa shape index (κ2) is 13.0. The van der Waals surface area contributed by atoms with Gasteiger partial charge in [0.15, 0.2) is 0 Å². The van der Waals surface area contributed by atoms with Crippen LogP contribution in [-0.2, 0) is 6.54 Å². The molecule has 20 heavy (non-hydrogen) atoms. The molecule has 1 aromatic rings. The molecule has 0 atom stereocenters. The summed E-state index contributed by atoms with van der Waals surface area (Å²) in [5.74, 6) is 0. The molecule has 0 aliphatic heterocycles. The second-order valence-corrected chi connectivity index (χ2v) is 5.77. The third-order valence-electron chi connectivity index (χ3n) is 3.83. The van der Waals surface area contributed by atoms with Crippen LogP contribution in [0.4, 0.5) is 0 Å². The van der Waals surface area contributed by atoms with E-state index in [1.54, 1.807) is 6.33 Å². The molecule has 1 rings (SSSR count). The van der Waals surface area contributed by atoms with Gasteiger partial charge in [0.2, 0.25) is 12.7 Å². The number of hydrogen-bond donors (Lipinski definition) is 0. The van der Waals surface area contributed by atoms with E-state index in [2.05, 4.69) is 21.5 Å². The molecule has 0 saturated carbocycles. The Balaban J connectivity index is 1.77. The third kappa shape index (κ3) is 9.88. The third-order valence-corrected chi connectivity index (χ3v) is 3.83. The molecule has 1 heterocycles. The highest BCUT2D eigenvalue weighted by Crippen LogP contribution is 2.11. The molecule has 0 fully saturated rings. The van der Waals surface area contributed by atoms with Gasteiger partial charge in [-0.2, -0.15) is 0 Å². The number of unbranched alkanes of at least 4 members (excludes halogenated alkanes) is 11. The number of nitrogens with zero attached hydrogens (tertiary/aromatic N) is 3. The van der Waals surface area contributed by atoms with Crippen LogP contribution in [0, 0.1) is 0 Å². The highest BCUT2D eigenvalue weighted by molar-refractivity contribution is 4.48. The zero-order valence-electron chi connectivity index (χ0n) is 13.3. The van der Waals surface area contributed by atoms with Crippen LogP contribution in [-0.4, -0.2) is 9.97 Å². The van der Waals surface area contributed by atoms with Gasteiger partial charge < -0.3 is 0 Å². The van der Waals surface area contributed by atoms with Crippen LogP contribution in [0.5, 0.6) is 0 Å². The molecular formula is C17H32N3+. The van der Waals surface area contributed by atoms with E-state index in [4.69, 9.17) is 0 Å². The summed E-state index contributed by atoms with van der Waals surface area (Å²) in [5, 5.41) is 0. The first-order chi connectivity index (χ1) is 9.93. The van der Waals surface area contributed by atoms with E-state index in [0.29, 0.717) is 0 Å². The van der Waals surface area contributed by atoms with Crippen molar-refractivity contribution in [3.8, 4) is 0 Å². The fourth-order valence-corrected chi connectivity index (χ4v) is 2.55. The van der Waals surface area contributed by atoms with Crippen molar-refractivity contribution in [2.45, 2.75) is 90.5 Å². The summed E-state index contributed by atoms with van der Waals surface area (Å²) < 4.78 is 2.07. The Labute approximate surface area is 124 Å². The molecule has 0 unspecified atom stereocenters. The average Bonchev–Trinajstić information content (AvgIpc) is 2.49. The van der Waals surface area contributed by atoms with E-state index in [1.165, 1.54) is 77.0 Å². The van der Waals surface area contributed by atoms with E-state index in [0.717, 1.165) is 6.54 Å². The monoisotopic (exact) mass is 278 g/mol. The summed E-state index contributed by atoms with van der Waals surface area (Å²) in [6.45, 7) is 3.33. The minimum absolute atomic E-state index is 1.05. The standard InChI is InChI=1S/C17H32N3/c1-2-3-4-5-6-7-8-9-10-11-12-13-14-20-16-18-15-19-17-20/h15-17H,2-14H2,1H3/q+1. The average molecular weight is 278 g/mol. The quantitative estimate of drug-likeness (QED) is 0.394. The Hall–Kier alpha value is -0.990. The first kappa shape index (κ1) is 17.1. The van der Waals surface area contributed by atoms with Gasteiger partial charge in [0.1, 0.15) is 0 Å². The fourth-order valence-electron chi connectivity index (χ4n) is 2.55. The van der Waals surface area contributed by atoms with Crippen LogP contribution in [0.25, 0.3) is 0 Å². The Bertz CT molecular complexity index is 300. The normalized spacial score (nSPS) is 10.8. The van der Waals surface area contributed by atoms with Crippen LogP contribution in [0.15, 0.2) is 19.0 Å². The first-order valence-electron chi connectivity index (χ1n) is 8.57. The van der Waals surface area contributed by atoms with Gasteiger partial charge in [-0.3, -0.25) is 0 Å². The van der Waals surface area contributed by atoms with Crippen molar-refractivity contribution in [2.75, 3.05) is 0 Å². The van der Waals surface area contributed by atoms with Crippen LogP contribution in [0.2, 0.25) is 0 Å². The molecule has 0 radical (unpaired) electrons. The lowest BCUT2D eigenvalue weighted by molar-refractivity contribution is -0.703. The summed E-state index contributed by atoms with van der Waals surface area (Å²) in [5.41, 5.74) is 0. The number of hydrogen-bond acceptors (Lipinski definition) is 2. The number of aromatic nitrogens is 3. The van der Waals surface area contributed by atoms with E-state index in [9.17, 15) is 0 Å². The summed E-state index contributed by atoms with van der Waals surface area (Å²) >= 11 is 0. The predicted octanol–water partition coefficient (Wildman–Crippen LogP) is 4.47. The van der Waals surface area contributed by atoms with Gasteiger partial charge in [0.05, 0.1) is 6.54 Å². The Kier molecular flexibility index (Phi) is 11.1. The second-order valence-electron chi connectivity index (χ2n) is 5.77. The van der Waals surface area contributed by atoms with E-state index in [-0.39, 0.29) is 0 Å². The zero-order valence-corrected chi connectivity index (χ0v) is 13.3. The lowest BCUT2D eigenvalue weighted by Crippen LogP contribution is -2.33. The van der Waals surface area contributed by atoms with Gasteiger partial charge in [0.25, 0.3) is 6.33 Å². The minimum atomic E-state index is 1.05. The van der Waals surface area contributed by atoms with Crippen molar-refractivity contribution in [1.82, 2.24) is 9.97 Å². The Morgan fingerprint density at radius 1 is 0.650 bits per heavy atom. The van der Waals surface area contributed by atoms with Crippen LogP contribution >= 0.6 is 0 Å². The van der Waals surface area contributed by atoms with Crippen molar-refractivity contribution in [3.05, 3.63) is 19.0 Å². The maximum absolute atomic E-state index is 4.01. The molecule has 114 valence electrons. The molecule has 0 aromatic carbocycles. The summed E-state index contributed by atoms with van der Waals surface area (Å²) in [7, 11) is 0. The van der Waals surface area contributed by atoms with Crippen molar-refractivity contribution < 1.29 is 4.57 Å². The smallest absolute Gasteiger partial charge is 0.240 e. The highest BCUT2D eigenvalue weighted by Gasteiger charge is 1.96. The van der Waals surface area contributed by atoms with Gasteiger partial charge in [-0.1, -0.05) is 87.5 Å². The topological polar surface area (TPSA) is 29.7 Å². The predicted molar refractivity (Wildman–Crippen MR) is 83.3 cm³/mol. The molecule has 0 amide bonds. The molecule has 0 spiro atoms. The van der Waals surface area contributed by atoms with Crippen molar-refractivity contribution in [2.24, 2.45) is 0 Å². The van der Waals surface area contributed by atoms with Crippen LogP contribution in [0.1, 0.15) is 84.0 Å². The lowest BCUT2D eigenvalue weighted by Gasteiger charge is -2.02. The van der Waals surface area contributed by atoms with Crippen molar-refractivity contribution in [3.63, 3.8) is 0 Å². The highest BCUT2D eigenvalue weighted by atomic mass is 15.1. The number of aryl methyl sites for hydroxylation is 1. The van der Waals surface area contributed by atoms with Gasteiger partial charge in [0, 0.05) is 0 Å². The van der Waals surface area contributed by atoms with Gasteiger partial charge in [-0.05, 0) is 6.42 Å². The first-order valence-corrected chi connectivity index (χ1v) is 8.57. The van der Waals surface area contributed by atoms with Gasteiger partial charge in [-0.25, -0.2) is 4.57 Å². The molecule has 3 heteroatoms. The number of rotatable bonds is 13. The van der Waals surface area contributed by atoms with Crippen LogP contribution < -0.4 is 4.57 Å². The van der Waals surface area contributed by atoms with E-state index >= 15 is 0 Å². The molecule has 0 aliphatic carbocycles. The summed E-state index contributed by atoms with van der Waals surface area (Å²) in [6, 6.07) is 0. The molecule has 0 bridgehead atoms. The molecule has 0 aliphatic rings. The Morgan fingerprint density at radius 2 is 1.10 bits per heavy atom. The van der Waals surface area contributed by atoms with Gasteiger partial charge >= 0.3 is 0 Å². The van der Waals surface area contributed by atoms with Crippen LogP contribution in [0.3, 0.4) is 0 Å². The van der Waals surface area contributed by atoms with E-state index in [1.807, 2.05) is 12.7 Å². The molecule has 1 aromatic heterocycles. The minimum Gasteiger partial charge on any atom is -0.240 e. The Morgan fingerprint density at radius 3 is 1.60 bits per heavy atom. The molecule has 0 N–H and O–H groups in total. The summed E-state index contributed by atoms with van der Waals surface area (Å²) in [4.78, 5) is 8.02. The van der Waals surface area contributed by atoms with Gasteiger partial charge in [-0.15, -0.1) is 0 Å². The molecule has 3 nitrogen and oxygen atoms in total.